The number of ether oxygens (including phenoxy) is 2. The average Bonchev–Trinajstić information content (AvgIpc) is 3.30. The first-order valence-electron chi connectivity index (χ1n) is 16.8. The maximum atomic E-state index is 10.5. The van der Waals surface area contributed by atoms with Gasteiger partial charge in [-0.2, -0.15) is 0 Å². The lowest BCUT2D eigenvalue weighted by molar-refractivity contribution is -0.313. The molecule has 0 spiro atoms. The number of aliphatic hydroxyl groups is 4. The molecule has 1 heterocycles. The number of aliphatic hydroxyl groups excluding tert-OH is 4. The van der Waals surface area contributed by atoms with E-state index in [1.54, 1.807) is 0 Å². The minimum atomic E-state index is -1.40. The van der Waals surface area contributed by atoms with E-state index < -0.39 is 37.3 Å². The molecule has 41 heavy (non-hydrogen) atoms. The maximum absolute atomic E-state index is 10.5. The van der Waals surface area contributed by atoms with Crippen molar-refractivity contribution in [3.8, 4) is 0 Å². The van der Waals surface area contributed by atoms with Crippen LogP contribution in [0.5, 0.6) is 0 Å². The normalized spacial score (nSPS) is 47.9. The van der Waals surface area contributed by atoms with Crippen LogP contribution < -0.4 is 0 Å². The van der Waals surface area contributed by atoms with E-state index in [2.05, 4.69) is 59.8 Å². The molecule has 0 amide bonds. The molecule has 0 aromatic heterocycles. The number of rotatable bonds is 8. The summed E-state index contributed by atoms with van der Waals surface area (Å²) in [5.41, 5.74) is 2.11. The molecule has 0 radical (unpaired) electrons. The van der Waals surface area contributed by atoms with E-state index in [0.29, 0.717) is 29.1 Å². The lowest BCUT2D eigenvalue weighted by Crippen LogP contribution is -2.60. The molecule has 234 valence electrons. The summed E-state index contributed by atoms with van der Waals surface area (Å²) in [7, 11) is 0. The molecule has 6 nitrogen and oxygen atoms in total. The van der Waals surface area contributed by atoms with Crippen molar-refractivity contribution in [1.29, 1.82) is 0 Å². The summed E-state index contributed by atoms with van der Waals surface area (Å²) in [6, 6.07) is 0. The molecule has 0 bridgehead atoms. The van der Waals surface area contributed by atoms with E-state index in [-0.39, 0.29) is 11.5 Å². The fraction of sp³-hybridized carbons (Fsp3) is 0.886. The monoisotopic (exact) mass is 574 g/mol. The standard InChI is InChI=1S/C35H58O6/c1-7-22(20(2)3)9-8-21(4)26-12-13-27-25-11-10-23-18-24(14-16-34(23,5)28(25)15-17-35(26,27)6)40-33-32(39)31(38)30(37)29(19-36)41-33/h8-10,20-22,24-33,36-39H,7,11-19H2,1-6H3/t21-,22-,24+,25-,26-,27-,28-,29-,30-,31+,32-,33-,34+,35-/m1/s1. The van der Waals surface area contributed by atoms with Crippen LogP contribution in [0.3, 0.4) is 0 Å². The van der Waals surface area contributed by atoms with Gasteiger partial charge in [-0.3, -0.25) is 0 Å². The van der Waals surface area contributed by atoms with Gasteiger partial charge in [-0.15, -0.1) is 0 Å². The Labute approximate surface area is 248 Å². The van der Waals surface area contributed by atoms with Gasteiger partial charge < -0.3 is 29.9 Å². The highest BCUT2D eigenvalue weighted by Gasteiger charge is 2.59. The Morgan fingerprint density at radius 2 is 1.73 bits per heavy atom. The van der Waals surface area contributed by atoms with Gasteiger partial charge in [-0.05, 0) is 110 Å². The Morgan fingerprint density at radius 3 is 2.41 bits per heavy atom. The van der Waals surface area contributed by atoms with Crippen LogP contribution in [0.2, 0.25) is 0 Å². The summed E-state index contributed by atoms with van der Waals surface area (Å²) in [6.45, 7) is 14.2. The zero-order valence-corrected chi connectivity index (χ0v) is 26.4. The predicted octanol–water partition coefficient (Wildman–Crippen LogP) is 5.63. The second-order valence-electron chi connectivity index (χ2n) is 15.2. The van der Waals surface area contributed by atoms with Gasteiger partial charge in [0.25, 0.3) is 0 Å². The second-order valence-corrected chi connectivity index (χ2v) is 15.2. The minimum absolute atomic E-state index is 0.109. The summed E-state index contributed by atoms with van der Waals surface area (Å²) in [4.78, 5) is 0. The van der Waals surface area contributed by atoms with E-state index in [1.165, 1.54) is 37.7 Å². The largest absolute Gasteiger partial charge is 0.394 e. The van der Waals surface area contributed by atoms with Gasteiger partial charge in [-0.25, -0.2) is 0 Å². The van der Waals surface area contributed by atoms with E-state index in [0.717, 1.165) is 43.4 Å². The summed E-state index contributed by atoms with van der Waals surface area (Å²) in [5, 5.41) is 40.4. The molecule has 4 N–H and O–H groups in total. The summed E-state index contributed by atoms with van der Waals surface area (Å²) >= 11 is 0. The molecule has 1 saturated heterocycles. The Balaban J connectivity index is 1.26. The highest BCUT2D eigenvalue weighted by atomic mass is 16.7. The van der Waals surface area contributed by atoms with Crippen LogP contribution in [-0.4, -0.2) is 63.8 Å². The van der Waals surface area contributed by atoms with Crippen molar-refractivity contribution in [2.24, 2.45) is 52.3 Å². The Hall–Kier alpha value is -0.760. The molecule has 0 unspecified atom stereocenters. The van der Waals surface area contributed by atoms with Crippen molar-refractivity contribution in [3.63, 3.8) is 0 Å². The van der Waals surface area contributed by atoms with Crippen LogP contribution in [0.15, 0.2) is 23.8 Å². The van der Waals surface area contributed by atoms with Gasteiger partial charge in [0, 0.05) is 0 Å². The average molecular weight is 575 g/mol. The van der Waals surface area contributed by atoms with E-state index in [4.69, 9.17) is 9.47 Å². The summed E-state index contributed by atoms with van der Waals surface area (Å²) in [6.07, 6.45) is 11.9. The molecular weight excluding hydrogens is 516 g/mol. The highest BCUT2D eigenvalue weighted by Crippen LogP contribution is 2.67. The van der Waals surface area contributed by atoms with Gasteiger partial charge in [0.2, 0.25) is 0 Å². The van der Waals surface area contributed by atoms with Gasteiger partial charge in [0.1, 0.15) is 24.4 Å². The van der Waals surface area contributed by atoms with Gasteiger partial charge in [-0.1, -0.05) is 65.3 Å². The predicted molar refractivity (Wildman–Crippen MR) is 161 cm³/mol. The number of fused-ring (bicyclic) bond motifs is 5. The molecule has 5 rings (SSSR count). The molecule has 0 aromatic rings. The lowest BCUT2D eigenvalue weighted by atomic mass is 9.47. The molecule has 3 saturated carbocycles. The maximum Gasteiger partial charge on any atom is 0.186 e. The molecule has 6 heteroatoms. The molecule has 14 atom stereocenters. The van der Waals surface area contributed by atoms with Crippen LogP contribution in [-0.2, 0) is 9.47 Å². The minimum Gasteiger partial charge on any atom is -0.394 e. The third kappa shape index (κ3) is 5.64. The fourth-order valence-electron chi connectivity index (χ4n) is 10.3. The Bertz CT molecular complexity index is 960. The Morgan fingerprint density at radius 1 is 0.976 bits per heavy atom. The van der Waals surface area contributed by atoms with Crippen LogP contribution >= 0.6 is 0 Å². The third-order valence-corrected chi connectivity index (χ3v) is 12.9. The zero-order chi connectivity index (χ0) is 29.7. The number of hydrogen-bond acceptors (Lipinski definition) is 6. The van der Waals surface area contributed by atoms with Gasteiger partial charge in [0.05, 0.1) is 12.7 Å². The molecule has 4 aliphatic carbocycles. The van der Waals surface area contributed by atoms with Crippen LogP contribution in [0.4, 0.5) is 0 Å². The Kier molecular flexibility index (Phi) is 9.51. The first kappa shape index (κ1) is 31.7. The molecule has 5 aliphatic rings. The SMILES string of the molecule is CC[C@H](C=C[C@@H](C)[C@H]1CC[C@@H]2[C@H]3CC=C4C[C@@H](O[C@@H]5O[C@H](CO)[C@@H](O)[C@H](O)[C@H]5O)CC[C@]4(C)[C@@H]3CC[C@@]21C)C(C)C. The van der Waals surface area contributed by atoms with Gasteiger partial charge >= 0.3 is 0 Å². The van der Waals surface area contributed by atoms with Gasteiger partial charge in [0.15, 0.2) is 6.29 Å². The lowest BCUT2D eigenvalue weighted by Gasteiger charge is -2.58. The molecule has 0 aromatic carbocycles. The first-order valence-corrected chi connectivity index (χ1v) is 16.8. The van der Waals surface area contributed by atoms with Crippen LogP contribution in [0.25, 0.3) is 0 Å². The van der Waals surface area contributed by atoms with Crippen molar-refractivity contribution in [1.82, 2.24) is 0 Å². The van der Waals surface area contributed by atoms with Crippen molar-refractivity contribution in [2.45, 2.75) is 136 Å². The van der Waals surface area contributed by atoms with E-state index >= 15 is 0 Å². The van der Waals surface area contributed by atoms with E-state index in [1.807, 2.05) is 0 Å². The highest BCUT2D eigenvalue weighted by molar-refractivity contribution is 5.25. The molecular formula is C35H58O6. The molecule has 4 fully saturated rings. The first-order chi connectivity index (χ1) is 19.4. The van der Waals surface area contributed by atoms with Crippen molar-refractivity contribution in [3.05, 3.63) is 23.8 Å². The zero-order valence-electron chi connectivity index (χ0n) is 26.4. The second kappa shape index (κ2) is 12.3. The van der Waals surface area contributed by atoms with Crippen molar-refractivity contribution >= 4 is 0 Å². The van der Waals surface area contributed by atoms with Crippen LogP contribution in [0.1, 0.15) is 99.3 Å². The molecule has 1 aliphatic heterocycles. The quantitative estimate of drug-likeness (QED) is 0.281. The summed E-state index contributed by atoms with van der Waals surface area (Å²) in [5.74, 6) is 5.05. The smallest absolute Gasteiger partial charge is 0.186 e. The summed E-state index contributed by atoms with van der Waals surface area (Å²) < 4.78 is 11.9. The number of allylic oxidation sites excluding steroid dienone is 3. The van der Waals surface area contributed by atoms with Crippen LogP contribution in [0, 0.1) is 52.3 Å². The topological polar surface area (TPSA) is 99.4 Å². The third-order valence-electron chi connectivity index (χ3n) is 12.9. The van der Waals surface area contributed by atoms with E-state index in [9.17, 15) is 20.4 Å². The number of hydrogen-bond donors (Lipinski definition) is 4. The van der Waals surface area contributed by atoms with Crippen molar-refractivity contribution < 1.29 is 29.9 Å². The van der Waals surface area contributed by atoms with Crippen molar-refractivity contribution in [2.75, 3.05) is 6.61 Å². The fourth-order valence-corrected chi connectivity index (χ4v) is 10.3.